The Labute approximate surface area is 181 Å². The number of benzene rings is 2. The molecule has 1 atom stereocenters. The van der Waals surface area contributed by atoms with Gasteiger partial charge >= 0.3 is 0 Å². The van der Waals surface area contributed by atoms with Crippen molar-refractivity contribution in [3.05, 3.63) is 63.1 Å². The van der Waals surface area contributed by atoms with E-state index >= 15 is 0 Å². The molecule has 0 aliphatic heterocycles. The van der Waals surface area contributed by atoms with Crippen LogP contribution in [0.25, 0.3) is 0 Å². The van der Waals surface area contributed by atoms with Gasteiger partial charge in [-0.3, -0.25) is 9.59 Å². The third-order valence-electron chi connectivity index (χ3n) is 4.41. The summed E-state index contributed by atoms with van der Waals surface area (Å²) in [6.45, 7) is 7.98. The Kier molecular flexibility index (Phi) is 8.35. The quantitative estimate of drug-likeness (QED) is 0.660. The van der Waals surface area contributed by atoms with E-state index in [9.17, 15) is 9.59 Å². The minimum absolute atomic E-state index is 0.173. The van der Waals surface area contributed by atoms with Crippen molar-refractivity contribution in [2.24, 2.45) is 0 Å². The Morgan fingerprint density at radius 1 is 1.07 bits per heavy atom. The number of amides is 2. The fraction of sp³-hybridized carbons (Fsp3) is 0.364. The minimum atomic E-state index is -0.667. The highest BCUT2D eigenvalue weighted by Gasteiger charge is 2.26. The molecule has 1 N–H and O–H groups in total. The average Bonchev–Trinajstić information content (AvgIpc) is 2.66. The normalized spacial score (nSPS) is 11.7. The zero-order chi connectivity index (χ0) is 21.6. The van der Waals surface area contributed by atoms with Crippen LogP contribution in [0.15, 0.2) is 36.4 Å². The predicted octanol–water partition coefficient (Wildman–Crippen LogP) is 4.54. The number of aryl methyl sites for hydroxylation is 2. The molecule has 0 saturated heterocycles. The van der Waals surface area contributed by atoms with Crippen molar-refractivity contribution in [3.8, 4) is 5.75 Å². The standard InChI is InChI=1S/C22H26Cl2N2O3/c1-5-25-22(28)16(4)26(12-17-6-7-19(23)20(24)11-17)21(27)13-29-18-9-14(2)8-15(3)10-18/h6-11,16H,5,12-13H2,1-4H3,(H,25,28)/t16-/m1/s1. The van der Waals surface area contributed by atoms with E-state index in [4.69, 9.17) is 27.9 Å². The van der Waals surface area contributed by atoms with Crippen LogP contribution in [0, 0.1) is 13.8 Å². The minimum Gasteiger partial charge on any atom is -0.484 e. The second-order valence-corrected chi connectivity index (χ2v) is 7.77. The van der Waals surface area contributed by atoms with Crippen molar-refractivity contribution in [2.45, 2.75) is 40.3 Å². The van der Waals surface area contributed by atoms with E-state index in [2.05, 4.69) is 5.32 Å². The summed E-state index contributed by atoms with van der Waals surface area (Å²) in [7, 11) is 0. The molecule has 7 heteroatoms. The maximum Gasteiger partial charge on any atom is 0.261 e. The number of hydrogen-bond donors (Lipinski definition) is 1. The molecule has 2 rings (SSSR count). The van der Waals surface area contributed by atoms with Crippen LogP contribution in [-0.4, -0.2) is 35.9 Å². The van der Waals surface area contributed by atoms with Gasteiger partial charge in [0.2, 0.25) is 5.91 Å². The highest BCUT2D eigenvalue weighted by atomic mass is 35.5. The number of nitrogens with zero attached hydrogens (tertiary/aromatic N) is 1. The smallest absolute Gasteiger partial charge is 0.261 e. The lowest BCUT2D eigenvalue weighted by atomic mass is 10.1. The number of carbonyl (C=O) groups is 2. The van der Waals surface area contributed by atoms with E-state index in [1.54, 1.807) is 25.1 Å². The summed E-state index contributed by atoms with van der Waals surface area (Å²) in [5.74, 6) is 0.0947. The summed E-state index contributed by atoms with van der Waals surface area (Å²) in [4.78, 5) is 26.8. The second kappa shape index (κ2) is 10.5. The van der Waals surface area contributed by atoms with Gasteiger partial charge in [0.15, 0.2) is 6.61 Å². The molecule has 0 bridgehead atoms. The summed E-state index contributed by atoms with van der Waals surface area (Å²) in [5, 5.41) is 3.59. The topological polar surface area (TPSA) is 58.6 Å². The van der Waals surface area contributed by atoms with Gasteiger partial charge in [-0.15, -0.1) is 0 Å². The van der Waals surface area contributed by atoms with Crippen LogP contribution in [-0.2, 0) is 16.1 Å². The summed E-state index contributed by atoms with van der Waals surface area (Å²) in [6.07, 6.45) is 0. The van der Waals surface area contributed by atoms with Gasteiger partial charge in [0.05, 0.1) is 10.0 Å². The molecule has 0 aliphatic carbocycles. The van der Waals surface area contributed by atoms with Crippen LogP contribution in [0.1, 0.15) is 30.5 Å². The van der Waals surface area contributed by atoms with Crippen molar-refractivity contribution >= 4 is 35.0 Å². The highest BCUT2D eigenvalue weighted by Crippen LogP contribution is 2.24. The van der Waals surface area contributed by atoms with Crippen LogP contribution < -0.4 is 10.1 Å². The molecule has 29 heavy (non-hydrogen) atoms. The molecule has 0 aliphatic rings. The van der Waals surface area contributed by atoms with E-state index in [0.29, 0.717) is 22.3 Å². The molecule has 2 amide bonds. The van der Waals surface area contributed by atoms with Crippen molar-refractivity contribution < 1.29 is 14.3 Å². The summed E-state index contributed by atoms with van der Waals surface area (Å²) >= 11 is 12.1. The molecule has 0 spiro atoms. The number of carbonyl (C=O) groups excluding carboxylic acids is 2. The second-order valence-electron chi connectivity index (χ2n) is 6.95. The van der Waals surface area contributed by atoms with E-state index in [0.717, 1.165) is 16.7 Å². The molecule has 0 fully saturated rings. The van der Waals surface area contributed by atoms with Gasteiger partial charge in [-0.1, -0.05) is 35.3 Å². The number of nitrogens with one attached hydrogen (secondary N) is 1. The molecule has 0 heterocycles. The van der Waals surface area contributed by atoms with E-state index in [1.807, 2.05) is 39.0 Å². The van der Waals surface area contributed by atoms with Crippen LogP contribution in [0.5, 0.6) is 5.75 Å². The number of ether oxygens (including phenoxy) is 1. The van der Waals surface area contributed by atoms with Crippen molar-refractivity contribution in [1.82, 2.24) is 10.2 Å². The van der Waals surface area contributed by atoms with Gasteiger partial charge in [0.25, 0.3) is 5.91 Å². The van der Waals surface area contributed by atoms with Gasteiger partial charge in [-0.25, -0.2) is 0 Å². The highest BCUT2D eigenvalue weighted by molar-refractivity contribution is 6.42. The first-order valence-electron chi connectivity index (χ1n) is 9.43. The van der Waals surface area contributed by atoms with Gasteiger partial charge in [0.1, 0.15) is 11.8 Å². The van der Waals surface area contributed by atoms with E-state index < -0.39 is 6.04 Å². The lowest BCUT2D eigenvalue weighted by Gasteiger charge is -2.28. The van der Waals surface area contributed by atoms with Gasteiger partial charge in [0, 0.05) is 13.1 Å². The van der Waals surface area contributed by atoms with Crippen LogP contribution in [0.2, 0.25) is 10.0 Å². The number of halogens is 2. The summed E-state index contributed by atoms with van der Waals surface area (Å²) in [5.41, 5.74) is 2.88. The Hall–Kier alpha value is -2.24. The predicted molar refractivity (Wildman–Crippen MR) is 117 cm³/mol. The van der Waals surface area contributed by atoms with Gasteiger partial charge < -0.3 is 15.0 Å². The van der Waals surface area contributed by atoms with Crippen molar-refractivity contribution in [1.29, 1.82) is 0 Å². The third-order valence-corrected chi connectivity index (χ3v) is 5.15. The molecule has 2 aromatic rings. The Bertz CT molecular complexity index is 866. The zero-order valence-corrected chi connectivity index (χ0v) is 18.6. The molecule has 5 nitrogen and oxygen atoms in total. The lowest BCUT2D eigenvalue weighted by Crippen LogP contribution is -2.49. The third kappa shape index (κ3) is 6.65. The van der Waals surface area contributed by atoms with E-state index in [1.165, 1.54) is 4.90 Å². The largest absolute Gasteiger partial charge is 0.484 e. The summed E-state index contributed by atoms with van der Waals surface area (Å²) < 4.78 is 5.71. The fourth-order valence-electron chi connectivity index (χ4n) is 2.98. The SMILES string of the molecule is CCNC(=O)[C@@H](C)N(Cc1ccc(Cl)c(Cl)c1)C(=O)COc1cc(C)cc(C)c1. The molecule has 0 saturated carbocycles. The van der Waals surface area contributed by atoms with Crippen LogP contribution >= 0.6 is 23.2 Å². The zero-order valence-electron chi connectivity index (χ0n) is 17.1. The average molecular weight is 437 g/mol. The number of rotatable bonds is 8. The fourth-order valence-corrected chi connectivity index (χ4v) is 3.30. The Balaban J connectivity index is 2.19. The van der Waals surface area contributed by atoms with Gasteiger partial charge in [-0.05, 0) is 68.7 Å². The summed E-state index contributed by atoms with van der Waals surface area (Å²) in [6, 6.07) is 10.3. The van der Waals surface area contributed by atoms with E-state index in [-0.39, 0.29) is 25.0 Å². The van der Waals surface area contributed by atoms with Crippen LogP contribution in [0.4, 0.5) is 0 Å². The van der Waals surface area contributed by atoms with Crippen molar-refractivity contribution in [3.63, 3.8) is 0 Å². The molecular weight excluding hydrogens is 411 g/mol. The van der Waals surface area contributed by atoms with Crippen LogP contribution in [0.3, 0.4) is 0 Å². The Morgan fingerprint density at radius 3 is 2.31 bits per heavy atom. The molecular formula is C22H26Cl2N2O3. The molecule has 0 unspecified atom stereocenters. The maximum absolute atomic E-state index is 13.0. The van der Waals surface area contributed by atoms with Gasteiger partial charge in [-0.2, -0.15) is 0 Å². The number of likely N-dealkylation sites (N-methyl/N-ethyl adjacent to an activating group) is 1. The Morgan fingerprint density at radius 2 is 1.72 bits per heavy atom. The molecule has 0 aromatic heterocycles. The first kappa shape index (κ1) is 23.0. The molecule has 2 aromatic carbocycles. The number of hydrogen-bond acceptors (Lipinski definition) is 3. The first-order valence-corrected chi connectivity index (χ1v) is 10.2. The monoisotopic (exact) mass is 436 g/mol. The maximum atomic E-state index is 13.0. The lowest BCUT2D eigenvalue weighted by molar-refractivity contribution is -0.142. The first-order chi connectivity index (χ1) is 13.7. The molecule has 156 valence electrons. The molecule has 0 radical (unpaired) electrons. The van der Waals surface area contributed by atoms with Crippen molar-refractivity contribution in [2.75, 3.05) is 13.2 Å².